The highest BCUT2D eigenvalue weighted by molar-refractivity contribution is 6.46. The van der Waals surface area contributed by atoms with Crippen LogP contribution in [0.4, 0.5) is 0 Å². The predicted molar refractivity (Wildman–Crippen MR) is 111 cm³/mol. The first-order valence-electron chi connectivity index (χ1n) is 9.63. The number of nitrogens with zero attached hydrogens (tertiary/aromatic N) is 2. The molecule has 30 heavy (non-hydrogen) atoms. The molecule has 0 fully saturated rings. The van der Waals surface area contributed by atoms with Gasteiger partial charge in [0.25, 0.3) is 5.91 Å². The van der Waals surface area contributed by atoms with Crippen LogP contribution in [0, 0.1) is 0 Å². The Morgan fingerprint density at radius 1 is 1.23 bits per heavy atom. The number of amides is 2. The normalized spacial score (nSPS) is 13.7. The fourth-order valence-corrected chi connectivity index (χ4v) is 2.93. The number of hydrogen-bond donors (Lipinski definition) is 4. The summed E-state index contributed by atoms with van der Waals surface area (Å²) < 4.78 is 5.04. The molecule has 9 nitrogen and oxygen atoms in total. The fraction of sp³-hybridized carbons (Fsp3) is 0.400. The van der Waals surface area contributed by atoms with Crippen molar-refractivity contribution in [1.29, 1.82) is 0 Å². The van der Waals surface area contributed by atoms with Crippen LogP contribution in [0.1, 0.15) is 35.8 Å². The third kappa shape index (κ3) is 6.91. The second kappa shape index (κ2) is 11.4. The van der Waals surface area contributed by atoms with Gasteiger partial charge in [0.15, 0.2) is 0 Å². The van der Waals surface area contributed by atoms with Gasteiger partial charge in [-0.2, -0.15) is 0 Å². The maximum absolute atomic E-state index is 12.8. The molecule has 2 atom stereocenters. The lowest BCUT2D eigenvalue weighted by Gasteiger charge is -2.32. The lowest BCUT2D eigenvalue weighted by atomic mass is 9.63. The van der Waals surface area contributed by atoms with Gasteiger partial charge >= 0.3 is 7.12 Å². The molecule has 10 heteroatoms. The van der Waals surface area contributed by atoms with E-state index in [9.17, 15) is 19.6 Å². The summed E-state index contributed by atoms with van der Waals surface area (Å²) >= 11 is 0. The van der Waals surface area contributed by atoms with Gasteiger partial charge in [-0.05, 0) is 31.7 Å². The van der Waals surface area contributed by atoms with E-state index in [-0.39, 0.29) is 12.3 Å². The molecule has 1 heterocycles. The molecule has 1 aromatic carbocycles. The van der Waals surface area contributed by atoms with Gasteiger partial charge in [-0.25, -0.2) is 4.98 Å². The zero-order chi connectivity index (χ0) is 22.0. The van der Waals surface area contributed by atoms with E-state index in [0.29, 0.717) is 12.8 Å². The molecule has 2 rings (SSSR count). The molecule has 4 N–H and O–H groups in total. The Kier molecular flexibility index (Phi) is 8.91. The lowest BCUT2D eigenvalue weighted by molar-refractivity contribution is -0.125. The quantitative estimate of drug-likeness (QED) is 0.384. The van der Waals surface area contributed by atoms with Crippen LogP contribution in [0.15, 0.2) is 48.9 Å². The number of hydrogen-bond acceptors (Lipinski definition) is 7. The Morgan fingerprint density at radius 2 is 1.97 bits per heavy atom. The Balaban J connectivity index is 2.01. The smallest absolute Gasteiger partial charge is 0.426 e. The number of ether oxygens (including phenoxy) is 1. The zero-order valence-corrected chi connectivity index (χ0v) is 17.1. The molecule has 0 spiro atoms. The van der Waals surface area contributed by atoms with Gasteiger partial charge in [-0.1, -0.05) is 30.3 Å². The van der Waals surface area contributed by atoms with Crippen molar-refractivity contribution < 1.29 is 24.4 Å². The van der Waals surface area contributed by atoms with Crippen LogP contribution in [0.25, 0.3) is 0 Å². The minimum absolute atomic E-state index is 0.0548. The number of benzene rings is 1. The van der Waals surface area contributed by atoms with Crippen molar-refractivity contribution in [3.63, 3.8) is 0 Å². The van der Waals surface area contributed by atoms with E-state index in [1.165, 1.54) is 25.7 Å². The second-order valence-electron chi connectivity index (χ2n) is 7.19. The highest BCUT2D eigenvalue weighted by atomic mass is 16.5. The van der Waals surface area contributed by atoms with E-state index in [4.69, 9.17) is 4.74 Å². The largest absolute Gasteiger partial charge is 0.478 e. The SMILES string of the molecule is COCC(NC(=O)c1cnccn1)C(=O)N[C@@](C)(CCCc1ccccc1)B(O)O. The summed E-state index contributed by atoms with van der Waals surface area (Å²) in [6.07, 6.45) is 5.75. The van der Waals surface area contributed by atoms with Crippen LogP contribution in [0.3, 0.4) is 0 Å². The summed E-state index contributed by atoms with van der Waals surface area (Å²) in [5.74, 6) is -1.18. The average Bonchev–Trinajstić information content (AvgIpc) is 2.74. The fourth-order valence-electron chi connectivity index (χ4n) is 2.93. The Labute approximate surface area is 176 Å². The molecule has 2 amide bonds. The molecule has 0 aliphatic heterocycles. The monoisotopic (exact) mass is 414 g/mol. The van der Waals surface area contributed by atoms with Crippen LogP contribution in [-0.2, 0) is 16.0 Å². The molecule has 0 radical (unpaired) electrons. The number of methoxy groups -OCH3 is 1. The molecular formula is C20H27BN4O5. The molecule has 160 valence electrons. The van der Waals surface area contributed by atoms with Gasteiger partial charge in [0.2, 0.25) is 5.91 Å². The summed E-state index contributed by atoms with van der Waals surface area (Å²) in [7, 11) is -0.384. The van der Waals surface area contributed by atoms with Crippen molar-refractivity contribution in [2.75, 3.05) is 13.7 Å². The molecule has 1 unspecified atom stereocenters. The van der Waals surface area contributed by atoms with E-state index >= 15 is 0 Å². The van der Waals surface area contributed by atoms with E-state index in [1.807, 2.05) is 30.3 Å². The maximum atomic E-state index is 12.8. The highest BCUT2D eigenvalue weighted by Crippen LogP contribution is 2.17. The minimum Gasteiger partial charge on any atom is -0.426 e. The van der Waals surface area contributed by atoms with Gasteiger partial charge in [-0.15, -0.1) is 0 Å². The summed E-state index contributed by atoms with van der Waals surface area (Å²) in [4.78, 5) is 32.8. The molecule has 0 aliphatic rings. The van der Waals surface area contributed by atoms with Gasteiger partial charge in [0, 0.05) is 19.5 Å². The van der Waals surface area contributed by atoms with E-state index in [1.54, 1.807) is 6.92 Å². The van der Waals surface area contributed by atoms with Crippen LogP contribution in [-0.4, -0.2) is 64.1 Å². The summed E-state index contributed by atoms with van der Waals surface area (Å²) in [6.45, 7) is 1.45. The maximum Gasteiger partial charge on any atom is 0.478 e. The molecule has 1 aromatic heterocycles. The zero-order valence-electron chi connectivity index (χ0n) is 17.1. The first-order chi connectivity index (χ1) is 14.4. The number of nitrogens with one attached hydrogen (secondary N) is 2. The number of aromatic nitrogens is 2. The third-order valence-electron chi connectivity index (χ3n) is 4.73. The molecule has 0 aliphatic carbocycles. The van der Waals surface area contributed by atoms with Gasteiger partial charge in [0.05, 0.1) is 18.2 Å². The standard InChI is InChI=1S/C20H27BN4O5/c1-20(21(28)29,10-6-9-15-7-4-3-5-8-15)25-19(27)17(14-30-2)24-18(26)16-13-22-11-12-23-16/h3-5,7-8,11-13,17,28-29H,6,9-10,14H2,1-2H3,(H,24,26)(H,25,27)/t17?,20-/m0/s1. The summed E-state index contributed by atoms with van der Waals surface area (Å²) in [5, 5.41) is 25.0. The number of carbonyl (C=O) groups excluding carboxylic acids is 2. The second-order valence-corrected chi connectivity index (χ2v) is 7.19. The topological polar surface area (TPSA) is 134 Å². The van der Waals surface area contributed by atoms with E-state index in [2.05, 4.69) is 20.6 Å². The van der Waals surface area contributed by atoms with Crippen molar-refractivity contribution in [3.8, 4) is 0 Å². The van der Waals surface area contributed by atoms with Gasteiger partial charge in [0.1, 0.15) is 11.7 Å². The van der Waals surface area contributed by atoms with Crippen molar-refractivity contribution in [2.24, 2.45) is 0 Å². The van der Waals surface area contributed by atoms with Crippen LogP contribution < -0.4 is 10.6 Å². The van der Waals surface area contributed by atoms with E-state index < -0.39 is 30.4 Å². The molecule has 2 aromatic rings. The van der Waals surface area contributed by atoms with Crippen molar-refractivity contribution >= 4 is 18.9 Å². The average molecular weight is 414 g/mol. The van der Waals surface area contributed by atoms with Crippen molar-refractivity contribution in [2.45, 2.75) is 37.7 Å². The molecule has 0 bridgehead atoms. The van der Waals surface area contributed by atoms with Crippen LogP contribution in [0.5, 0.6) is 0 Å². The first-order valence-corrected chi connectivity index (χ1v) is 9.63. The van der Waals surface area contributed by atoms with Crippen LogP contribution >= 0.6 is 0 Å². The third-order valence-corrected chi connectivity index (χ3v) is 4.73. The first kappa shape index (κ1) is 23.5. The molecule has 0 saturated carbocycles. The lowest BCUT2D eigenvalue weighted by Crippen LogP contribution is -2.62. The predicted octanol–water partition coefficient (Wildman–Crippen LogP) is 0.131. The summed E-state index contributed by atoms with van der Waals surface area (Å²) in [6, 6.07) is 8.73. The Hall–Kier alpha value is -2.82. The number of aryl methyl sites for hydroxylation is 1. The number of carbonyl (C=O) groups is 2. The van der Waals surface area contributed by atoms with Crippen molar-refractivity contribution in [1.82, 2.24) is 20.6 Å². The highest BCUT2D eigenvalue weighted by Gasteiger charge is 2.40. The van der Waals surface area contributed by atoms with Crippen LogP contribution in [0.2, 0.25) is 0 Å². The van der Waals surface area contributed by atoms with Crippen molar-refractivity contribution in [3.05, 3.63) is 60.2 Å². The van der Waals surface area contributed by atoms with E-state index in [0.717, 1.165) is 12.0 Å². The van der Waals surface area contributed by atoms with Gasteiger partial charge < -0.3 is 25.4 Å². The number of rotatable bonds is 11. The Morgan fingerprint density at radius 3 is 2.57 bits per heavy atom. The molecule has 0 saturated heterocycles. The Bertz CT molecular complexity index is 809. The van der Waals surface area contributed by atoms with Gasteiger partial charge in [-0.3, -0.25) is 14.6 Å². The minimum atomic E-state index is -1.78. The molecular weight excluding hydrogens is 387 g/mol. The summed E-state index contributed by atoms with van der Waals surface area (Å²) in [5.41, 5.74) is -0.124.